The minimum atomic E-state index is -0.828. The van der Waals surface area contributed by atoms with Crippen molar-refractivity contribution in [2.75, 3.05) is 0 Å². The number of benzene rings is 1. The number of carbonyl (C=O) groups is 1. The smallest absolute Gasteiger partial charge is 0.353 e. The van der Waals surface area contributed by atoms with Crippen LogP contribution in [0.2, 0.25) is 0 Å². The maximum absolute atomic E-state index is 10.8. The fourth-order valence-electron chi connectivity index (χ4n) is 3.92. The summed E-state index contributed by atoms with van der Waals surface area (Å²) in [5.74, 6) is -0.266. The van der Waals surface area contributed by atoms with Crippen LogP contribution in [0.1, 0.15) is 51.2 Å². The van der Waals surface area contributed by atoms with Crippen molar-refractivity contribution in [2.24, 2.45) is 11.3 Å². The summed E-state index contributed by atoms with van der Waals surface area (Å²) in [6.07, 6.45) is 2.79. The molecule has 130 valence electrons. The molecule has 0 aromatic heterocycles. The number of hydrogen-bond acceptors (Lipinski definition) is 4. The fraction of sp³-hybridized carbons (Fsp3) is 0.579. The minimum absolute atomic E-state index is 0.0264. The van der Waals surface area contributed by atoms with Gasteiger partial charge in [0.2, 0.25) is 0 Å². The maximum atomic E-state index is 10.8. The lowest BCUT2D eigenvalue weighted by Crippen LogP contribution is -2.44. The van der Waals surface area contributed by atoms with Crippen molar-refractivity contribution in [2.45, 2.75) is 58.2 Å². The second kappa shape index (κ2) is 6.03. The van der Waals surface area contributed by atoms with Crippen molar-refractivity contribution in [1.29, 1.82) is 0 Å². The summed E-state index contributed by atoms with van der Waals surface area (Å²) in [5.41, 5.74) is 1.50. The van der Waals surface area contributed by atoms with Gasteiger partial charge in [0.25, 0.3) is 0 Å². The zero-order chi connectivity index (χ0) is 17.5. The first-order valence-electron chi connectivity index (χ1n) is 8.41. The number of aliphatic carboxylic acids is 1. The van der Waals surface area contributed by atoms with Gasteiger partial charge in [-0.05, 0) is 41.7 Å². The highest BCUT2D eigenvalue weighted by atomic mass is 32.1. The standard InChI is InChI=1S/C19H24O4S/c1-18(2,3)14-8-9-19(15(11-14)22-17(24)23-19)13-6-4-12(5-7-13)10-16(20)21/h4-7,14-15H,8-11H2,1-3H3,(H,20,21)/t14-,15+,19+/m0/s1. The van der Waals surface area contributed by atoms with E-state index in [-0.39, 0.29) is 23.2 Å². The Kier molecular flexibility index (Phi) is 4.32. The van der Waals surface area contributed by atoms with E-state index in [1.165, 1.54) is 0 Å². The van der Waals surface area contributed by atoms with Gasteiger partial charge in [-0.1, -0.05) is 45.0 Å². The molecular weight excluding hydrogens is 324 g/mol. The lowest BCUT2D eigenvalue weighted by Gasteiger charge is -2.43. The highest BCUT2D eigenvalue weighted by Gasteiger charge is 2.55. The van der Waals surface area contributed by atoms with Crippen molar-refractivity contribution in [1.82, 2.24) is 0 Å². The van der Waals surface area contributed by atoms with Crippen LogP contribution in [0.5, 0.6) is 0 Å². The van der Waals surface area contributed by atoms with Gasteiger partial charge in [0.1, 0.15) is 6.10 Å². The Bertz CT molecular complexity index is 646. The molecule has 0 unspecified atom stereocenters. The highest BCUT2D eigenvalue weighted by Crippen LogP contribution is 2.51. The number of ether oxygens (including phenoxy) is 2. The van der Waals surface area contributed by atoms with Gasteiger partial charge in [0.05, 0.1) is 6.42 Å². The molecule has 1 N–H and O–H groups in total. The molecule has 1 saturated carbocycles. The van der Waals surface area contributed by atoms with E-state index < -0.39 is 11.6 Å². The van der Waals surface area contributed by atoms with Crippen LogP contribution >= 0.6 is 12.2 Å². The molecule has 24 heavy (non-hydrogen) atoms. The Morgan fingerprint density at radius 2 is 2.00 bits per heavy atom. The largest absolute Gasteiger partial charge is 0.481 e. The topological polar surface area (TPSA) is 55.8 Å². The van der Waals surface area contributed by atoms with Gasteiger partial charge in [0, 0.05) is 12.2 Å². The molecule has 0 spiro atoms. The van der Waals surface area contributed by atoms with E-state index in [2.05, 4.69) is 20.8 Å². The van der Waals surface area contributed by atoms with Gasteiger partial charge in [-0.25, -0.2) is 0 Å². The first kappa shape index (κ1) is 17.2. The predicted octanol–water partition coefficient (Wildman–Crippen LogP) is 4.06. The SMILES string of the molecule is CC(C)(C)[C@H]1CC[C@]2(c3ccc(CC(=O)O)cc3)OC(=S)O[C@@H]2C1. The third-order valence-corrected chi connectivity index (χ3v) is 5.59. The molecule has 2 aliphatic rings. The number of carboxylic acids is 1. The van der Waals surface area contributed by atoms with Gasteiger partial charge in [-0.15, -0.1) is 0 Å². The zero-order valence-electron chi connectivity index (χ0n) is 14.4. The molecule has 2 fully saturated rings. The molecule has 3 atom stereocenters. The van der Waals surface area contributed by atoms with E-state index in [0.29, 0.717) is 5.92 Å². The van der Waals surface area contributed by atoms with E-state index in [1.54, 1.807) is 0 Å². The number of fused-ring (bicyclic) bond motifs is 1. The molecule has 1 aromatic carbocycles. The summed E-state index contributed by atoms with van der Waals surface area (Å²) < 4.78 is 11.9. The molecule has 5 heteroatoms. The first-order valence-corrected chi connectivity index (χ1v) is 8.82. The van der Waals surface area contributed by atoms with Crippen LogP contribution in [0.25, 0.3) is 0 Å². The van der Waals surface area contributed by atoms with Crippen LogP contribution in [-0.2, 0) is 26.3 Å². The average molecular weight is 348 g/mol. The molecule has 1 aromatic rings. The quantitative estimate of drug-likeness (QED) is 0.835. The van der Waals surface area contributed by atoms with Gasteiger partial charge in [-0.3, -0.25) is 4.79 Å². The predicted molar refractivity (Wildman–Crippen MR) is 94.8 cm³/mol. The Labute approximate surface area is 148 Å². The van der Waals surface area contributed by atoms with Crippen molar-refractivity contribution in [3.63, 3.8) is 0 Å². The van der Waals surface area contributed by atoms with E-state index in [9.17, 15) is 4.79 Å². The summed E-state index contributed by atoms with van der Waals surface area (Å²) in [4.78, 5) is 10.8. The molecule has 1 aliphatic carbocycles. The van der Waals surface area contributed by atoms with Crippen molar-refractivity contribution < 1.29 is 19.4 Å². The average Bonchev–Trinajstić information content (AvgIpc) is 2.82. The third-order valence-electron chi connectivity index (χ3n) is 5.41. The summed E-state index contributed by atoms with van der Waals surface area (Å²) >= 11 is 5.20. The van der Waals surface area contributed by atoms with Gasteiger partial charge in [-0.2, -0.15) is 0 Å². The van der Waals surface area contributed by atoms with Crippen LogP contribution in [0, 0.1) is 11.3 Å². The summed E-state index contributed by atoms with van der Waals surface area (Å²) in [6.45, 7) is 6.79. The zero-order valence-corrected chi connectivity index (χ0v) is 15.2. The summed E-state index contributed by atoms with van der Waals surface area (Å²) in [7, 11) is 0. The Hall–Kier alpha value is -1.62. The van der Waals surface area contributed by atoms with Crippen LogP contribution in [0.4, 0.5) is 0 Å². The maximum Gasteiger partial charge on any atom is 0.353 e. The third kappa shape index (κ3) is 3.14. The van der Waals surface area contributed by atoms with Crippen LogP contribution in [0.15, 0.2) is 24.3 Å². The molecule has 3 rings (SSSR count). The molecule has 1 saturated heterocycles. The van der Waals surface area contributed by atoms with E-state index in [0.717, 1.165) is 30.4 Å². The lowest BCUT2D eigenvalue weighted by atomic mass is 9.65. The molecule has 0 amide bonds. The van der Waals surface area contributed by atoms with Crippen molar-refractivity contribution in [3.05, 3.63) is 35.4 Å². The normalized spacial score (nSPS) is 29.5. The number of carboxylic acid groups (broad SMARTS) is 1. The first-order chi connectivity index (χ1) is 11.2. The van der Waals surface area contributed by atoms with E-state index in [1.807, 2.05) is 24.3 Å². The molecule has 0 bridgehead atoms. The van der Waals surface area contributed by atoms with Crippen LogP contribution in [0.3, 0.4) is 0 Å². The Morgan fingerprint density at radius 3 is 2.58 bits per heavy atom. The van der Waals surface area contributed by atoms with Gasteiger partial charge >= 0.3 is 11.2 Å². The summed E-state index contributed by atoms with van der Waals surface area (Å²) in [6, 6.07) is 7.63. The van der Waals surface area contributed by atoms with Gasteiger partial charge in [0.15, 0.2) is 5.60 Å². The van der Waals surface area contributed by atoms with Crippen molar-refractivity contribution in [3.8, 4) is 0 Å². The molecule has 1 heterocycles. The van der Waals surface area contributed by atoms with Gasteiger partial charge < -0.3 is 14.6 Å². The van der Waals surface area contributed by atoms with Crippen LogP contribution < -0.4 is 0 Å². The van der Waals surface area contributed by atoms with Crippen LogP contribution in [-0.4, -0.2) is 22.4 Å². The molecule has 0 radical (unpaired) electrons. The molecular formula is C19H24O4S. The Morgan fingerprint density at radius 1 is 1.33 bits per heavy atom. The molecule has 1 aliphatic heterocycles. The van der Waals surface area contributed by atoms with E-state index >= 15 is 0 Å². The molecule has 4 nitrogen and oxygen atoms in total. The second-order valence-electron chi connectivity index (χ2n) is 7.95. The minimum Gasteiger partial charge on any atom is -0.481 e. The fourth-order valence-corrected chi connectivity index (χ4v) is 4.19. The highest BCUT2D eigenvalue weighted by molar-refractivity contribution is 7.79. The Balaban J connectivity index is 1.87. The second-order valence-corrected chi connectivity index (χ2v) is 8.29. The number of rotatable bonds is 3. The van der Waals surface area contributed by atoms with Crippen molar-refractivity contribution >= 4 is 23.4 Å². The monoisotopic (exact) mass is 348 g/mol. The summed E-state index contributed by atoms with van der Waals surface area (Å²) in [5, 5.41) is 9.14. The number of thiocarbonyl (C=S) groups is 1. The number of hydrogen-bond donors (Lipinski definition) is 1. The lowest BCUT2D eigenvalue weighted by molar-refractivity contribution is -0.136. The van der Waals surface area contributed by atoms with E-state index in [4.69, 9.17) is 26.8 Å².